The second-order valence-electron chi connectivity index (χ2n) is 14.5. The number of piperidine rings is 1. The van der Waals surface area contributed by atoms with Crippen molar-refractivity contribution in [2.45, 2.75) is 91.6 Å². The highest BCUT2D eigenvalue weighted by atomic mass is 16.6. The molecule has 0 bridgehead atoms. The van der Waals surface area contributed by atoms with Crippen molar-refractivity contribution in [1.29, 1.82) is 0 Å². The van der Waals surface area contributed by atoms with Crippen LogP contribution < -0.4 is 10.2 Å². The fourth-order valence-electron chi connectivity index (χ4n) is 5.54. The molecule has 252 valence electrons. The maximum absolute atomic E-state index is 13.9. The number of ether oxygens (including phenoxy) is 2. The lowest BCUT2D eigenvalue weighted by molar-refractivity contribution is -0.0104. The molecule has 1 aromatic carbocycles. The number of carbonyl (C=O) groups excluding carboxylic acids is 2. The Morgan fingerprint density at radius 1 is 1.06 bits per heavy atom. The van der Waals surface area contributed by atoms with Crippen LogP contribution in [-0.4, -0.2) is 78.7 Å². The number of aliphatic hydroxyl groups is 1. The van der Waals surface area contributed by atoms with Crippen LogP contribution in [0.25, 0.3) is 16.6 Å². The van der Waals surface area contributed by atoms with Crippen molar-refractivity contribution in [2.75, 3.05) is 29.9 Å². The highest BCUT2D eigenvalue weighted by molar-refractivity contribution is 5.88. The highest BCUT2D eigenvalue weighted by Gasteiger charge is 2.33. The number of aliphatic hydroxyl groups excluding tert-OH is 1. The molecule has 1 aliphatic heterocycles. The van der Waals surface area contributed by atoms with E-state index >= 15 is 0 Å². The molecule has 12 heteroatoms. The first kappa shape index (κ1) is 33.9. The number of rotatable bonds is 7. The number of nitrogens with zero attached hydrogens (tertiary/aromatic N) is 6. The molecule has 1 saturated heterocycles. The third kappa shape index (κ3) is 8.29. The number of nitrogens with one attached hydrogen (secondary N) is 1. The normalized spacial score (nSPS) is 17.3. The first-order valence-corrected chi connectivity index (χ1v) is 16.2. The van der Waals surface area contributed by atoms with Gasteiger partial charge in [-0.25, -0.2) is 14.6 Å². The van der Waals surface area contributed by atoms with Gasteiger partial charge in [-0.05, 0) is 71.6 Å². The second-order valence-corrected chi connectivity index (χ2v) is 14.5. The lowest BCUT2D eigenvalue weighted by atomic mass is 9.94. The van der Waals surface area contributed by atoms with Gasteiger partial charge in [0, 0.05) is 42.2 Å². The molecule has 1 aliphatic rings. The minimum absolute atomic E-state index is 0.127. The van der Waals surface area contributed by atoms with Gasteiger partial charge in [0.2, 0.25) is 0 Å². The number of β-amino-alcohol motifs (C(OH)–C–C–N with tert-alkyl or cyclic N) is 1. The van der Waals surface area contributed by atoms with Crippen molar-refractivity contribution in [3.8, 4) is 0 Å². The zero-order valence-electron chi connectivity index (χ0n) is 28.6. The maximum Gasteiger partial charge on any atom is 0.416 e. The summed E-state index contributed by atoms with van der Waals surface area (Å²) in [5.74, 6) is 1.01. The van der Waals surface area contributed by atoms with Crippen LogP contribution in [0.15, 0.2) is 48.8 Å². The third-order valence-electron chi connectivity index (χ3n) is 7.90. The van der Waals surface area contributed by atoms with Crippen molar-refractivity contribution in [3.05, 3.63) is 59.9 Å². The Morgan fingerprint density at radius 3 is 2.47 bits per heavy atom. The fraction of sp³-hybridized carbons (Fsp3) is 0.514. The topological polar surface area (TPSA) is 134 Å². The molecule has 5 rings (SSSR count). The molecule has 4 aromatic rings. The van der Waals surface area contributed by atoms with Crippen LogP contribution in [0.4, 0.5) is 21.2 Å². The largest absolute Gasteiger partial charge is 0.444 e. The summed E-state index contributed by atoms with van der Waals surface area (Å²) in [4.78, 5) is 39.1. The molecule has 1 fully saturated rings. The summed E-state index contributed by atoms with van der Waals surface area (Å²) < 4.78 is 13.1. The maximum atomic E-state index is 13.9. The van der Waals surface area contributed by atoms with E-state index in [-0.39, 0.29) is 24.9 Å². The first-order valence-electron chi connectivity index (χ1n) is 16.2. The number of para-hydroxylation sites is 1. The summed E-state index contributed by atoms with van der Waals surface area (Å²) in [6.07, 6.45) is 2.44. The molecule has 12 nitrogen and oxygen atoms in total. The average molecular weight is 646 g/mol. The van der Waals surface area contributed by atoms with E-state index in [1.807, 2.05) is 71.9 Å². The molecule has 2 amide bonds. The summed E-state index contributed by atoms with van der Waals surface area (Å²) >= 11 is 0. The number of fused-ring (bicyclic) bond motifs is 2. The predicted octanol–water partition coefficient (Wildman–Crippen LogP) is 6.37. The average Bonchev–Trinajstić information content (AvgIpc) is 3.41. The van der Waals surface area contributed by atoms with Crippen LogP contribution in [-0.2, 0) is 16.0 Å². The van der Waals surface area contributed by atoms with E-state index in [0.29, 0.717) is 36.8 Å². The van der Waals surface area contributed by atoms with E-state index in [2.05, 4.69) is 29.2 Å². The number of hydrogen-bond acceptors (Lipinski definition) is 9. The summed E-state index contributed by atoms with van der Waals surface area (Å²) in [7, 11) is 0. The zero-order valence-corrected chi connectivity index (χ0v) is 28.6. The van der Waals surface area contributed by atoms with Gasteiger partial charge in [0.25, 0.3) is 0 Å². The molecule has 0 unspecified atom stereocenters. The first-order chi connectivity index (χ1) is 22.1. The van der Waals surface area contributed by atoms with Gasteiger partial charge in [-0.2, -0.15) is 9.61 Å². The summed E-state index contributed by atoms with van der Waals surface area (Å²) in [6.45, 7) is 16.4. The number of likely N-dealkylation sites (tertiary alicyclic amines) is 1. The lowest BCUT2D eigenvalue weighted by Crippen LogP contribution is -2.49. The minimum Gasteiger partial charge on any atom is -0.444 e. The highest BCUT2D eigenvalue weighted by Crippen LogP contribution is 2.30. The van der Waals surface area contributed by atoms with E-state index in [1.54, 1.807) is 32.8 Å². The van der Waals surface area contributed by atoms with Crippen LogP contribution in [0.1, 0.15) is 78.9 Å². The van der Waals surface area contributed by atoms with Gasteiger partial charge >= 0.3 is 12.2 Å². The second kappa shape index (κ2) is 13.3. The quantitative estimate of drug-likeness (QED) is 0.235. The van der Waals surface area contributed by atoms with Gasteiger partial charge in [-0.1, -0.05) is 32.0 Å². The number of anilines is 2. The zero-order chi connectivity index (χ0) is 34.1. The van der Waals surface area contributed by atoms with Gasteiger partial charge in [0.05, 0.1) is 30.9 Å². The van der Waals surface area contributed by atoms with Crippen molar-refractivity contribution in [2.24, 2.45) is 5.92 Å². The lowest BCUT2D eigenvalue weighted by Gasteiger charge is -2.36. The van der Waals surface area contributed by atoms with Gasteiger partial charge in [0.15, 0.2) is 5.65 Å². The van der Waals surface area contributed by atoms with Crippen molar-refractivity contribution >= 4 is 40.4 Å². The smallest absolute Gasteiger partial charge is 0.416 e. The molecule has 0 saturated carbocycles. The van der Waals surface area contributed by atoms with Gasteiger partial charge < -0.3 is 24.8 Å². The number of aromatic nitrogens is 4. The van der Waals surface area contributed by atoms with Crippen LogP contribution in [0.5, 0.6) is 0 Å². The fourth-order valence-corrected chi connectivity index (χ4v) is 5.54. The predicted molar refractivity (Wildman–Crippen MR) is 182 cm³/mol. The molecule has 0 radical (unpaired) electrons. The van der Waals surface area contributed by atoms with E-state index in [0.717, 1.165) is 22.0 Å². The van der Waals surface area contributed by atoms with E-state index in [9.17, 15) is 14.7 Å². The van der Waals surface area contributed by atoms with Crippen molar-refractivity contribution < 1.29 is 24.2 Å². The number of hydrogen-bond donors (Lipinski definition) is 2. The molecule has 47 heavy (non-hydrogen) atoms. The van der Waals surface area contributed by atoms with E-state index in [1.165, 1.54) is 0 Å². The van der Waals surface area contributed by atoms with Gasteiger partial charge in [-0.15, -0.1) is 0 Å². The molecule has 4 heterocycles. The summed E-state index contributed by atoms with van der Waals surface area (Å²) in [5, 5.41) is 20.0. The minimum atomic E-state index is -0.744. The third-order valence-corrected chi connectivity index (χ3v) is 7.90. The van der Waals surface area contributed by atoms with E-state index < -0.39 is 29.5 Å². The Hall–Kier alpha value is -4.45. The Morgan fingerprint density at radius 2 is 1.79 bits per heavy atom. The number of amides is 2. The van der Waals surface area contributed by atoms with Gasteiger partial charge in [-0.3, -0.25) is 9.88 Å². The Balaban J connectivity index is 1.45. The molecule has 2 N–H and O–H groups in total. The molecule has 3 aromatic heterocycles. The summed E-state index contributed by atoms with van der Waals surface area (Å²) in [6, 6.07) is 11.6. The van der Waals surface area contributed by atoms with Crippen molar-refractivity contribution in [3.63, 3.8) is 0 Å². The standard InChI is InChI=1S/C35H47N7O5/c1-22(2)26-19-38-42-30(41(33(45)47-35(6,7)8)20-23-15-24-11-9-10-12-27(24)36-17-23)16-29(39-31(26)42)37-18-25-13-14-40(21-28(25)43)32(44)46-34(3,4)5/h9-12,15-17,19,22,25,28,43H,13-14,18,20-21H2,1-8H3,(H,37,39)/t25-,28+/m1/s1. The summed E-state index contributed by atoms with van der Waals surface area (Å²) in [5.41, 5.74) is 1.89. The molecular formula is C35H47N7O5. The number of pyridine rings is 1. The molecule has 2 atom stereocenters. The molecular weight excluding hydrogens is 598 g/mol. The molecule has 0 spiro atoms. The SMILES string of the molecule is CC(C)c1cnn2c(N(Cc3cnc4ccccc4c3)C(=O)OC(C)(C)C)cc(NC[C@H]3CCN(C(=O)OC(C)(C)C)C[C@@H]3O)nc12. The Kier molecular flexibility index (Phi) is 9.63. The van der Waals surface area contributed by atoms with E-state index in [4.69, 9.17) is 14.5 Å². The molecule has 0 aliphatic carbocycles. The van der Waals surface area contributed by atoms with Crippen LogP contribution in [0.2, 0.25) is 0 Å². The monoisotopic (exact) mass is 645 g/mol. The van der Waals surface area contributed by atoms with Gasteiger partial charge in [0.1, 0.15) is 22.8 Å². The van der Waals surface area contributed by atoms with Crippen LogP contribution >= 0.6 is 0 Å². The number of carbonyl (C=O) groups is 2. The van der Waals surface area contributed by atoms with Crippen LogP contribution in [0, 0.1) is 5.92 Å². The number of benzene rings is 1. The van der Waals surface area contributed by atoms with Crippen molar-refractivity contribution in [1.82, 2.24) is 24.5 Å². The van der Waals surface area contributed by atoms with Crippen LogP contribution in [0.3, 0.4) is 0 Å². The Bertz CT molecular complexity index is 1740. The Labute approximate surface area is 276 Å².